The van der Waals surface area contributed by atoms with Crippen LogP contribution in [0.25, 0.3) is 0 Å². The predicted molar refractivity (Wildman–Crippen MR) is 65.6 cm³/mol. The van der Waals surface area contributed by atoms with E-state index in [9.17, 15) is 10.2 Å². The van der Waals surface area contributed by atoms with Gasteiger partial charge in [-0.15, -0.1) is 0 Å². The summed E-state index contributed by atoms with van der Waals surface area (Å²) >= 11 is 9.87. The molecule has 0 aliphatic rings. The van der Waals surface area contributed by atoms with Gasteiger partial charge in [-0.1, -0.05) is 11.6 Å². The predicted octanol–water partition coefficient (Wildman–Crippen LogP) is 1.93. The number of thiol groups is 1. The minimum absolute atomic E-state index is 0.338. The van der Waals surface area contributed by atoms with Crippen LogP contribution < -0.4 is 0 Å². The molecule has 2 atom stereocenters. The second-order valence-electron chi connectivity index (χ2n) is 3.37. The Morgan fingerprint density at radius 2 is 2.12 bits per heavy atom. The lowest BCUT2D eigenvalue weighted by Crippen LogP contribution is -2.19. The third-order valence-corrected chi connectivity index (χ3v) is 2.84. The summed E-state index contributed by atoms with van der Waals surface area (Å²) in [6, 6.07) is 6.53. The zero-order valence-corrected chi connectivity index (χ0v) is 10.1. The lowest BCUT2D eigenvalue weighted by molar-refractivity contribution is 0.0173. The molecule has 0 spiro atoms. The standard InChI is InChI=1S/C11H12ClNO2S/c12-9-2-1-7(6-13)5-8(9)11(15)10(14)3-4-16/h1-2,5,10-11,14-16H,3-4H2. The number of nitriles is 1. The molecule has 2 unspecified atom stereocenters. The first-order valence-corrected chi connectivity index (χ1v) is 5.77. The number of aliphatic hydroxyl groups excluding tert-OH is 2. The molecule has 86 valence electrons. The molecule has 1 rings (SSSR count). The van der Waals surface area contributed by atoms with Gasteiger partial charge in [0.15, 0.2) is 0 Å². The molecule has 2 N–H and O–H groups in total. The van der Waals surface area contributed by atoms with Gasteiger partial charge >= 0.3 is 0 Å². The molecule has 1 aromatic carbocycles. The monoisotopic (exact) mass is 257 g/mol. The van der Waals surface area contributed by atoms with Gasteiger partial charge in [0, 0.05) is 10.6 Å². The molecule has 0 amide bonds. The summed E-state index contributed by atoms with van der Waals surface area (Å²) in [5.74, 6) is 0.466. The lowest BCUT2D eigenvalue weighted by atomic mass is 10.0. The van der Waals surface area contributed by atoms with Gasteiger partial charge in [0.25, 0.3) is 0 Å². The van der Waals surface area contributed by atoms with E-state index in [4.69, 9.17) is 16.9 Å². The van der Waals surface area contributed by atoms with Crippen molar-refractivity contribution >= 4 is 24.2 Å². The van der Waals surface area contributed by atoms with E-state index in [1.54, 1.807) is 6.07 Å². The van der Waals surface area contributed by atoms with Crippen LogP contribution in [-0.4, -0.2) is 22.1 Å². The van der Waals surface area contributed by atoms with E-state index in [-0.39, 0.29) is 0 Å². The Morgan fingerprint density at radius 3 is 2.69 bits per heavy atom. The summed E-state index contributed by atoms with van der Waals surface area (Å²) in [5.41, 5.74) is 0.770. The molecule has 1 aromatic rings. The zero-order valence-electron chi connectivity index (χ0n) is 8.47. The minimum atomic E-state index is -1.09. The van der Waals surface area contributed by atoms with Crippen molar-refractivity contribution in [2.75, 3.05) is 5.75 Å². The summed E-state index contributed by atoms with van der Waals surface area (Å²) in [4.78, 5) is 0. The third-order valence-electron chi connectivity index (χ3n) is 2.23. The Bertz CT molecular complexity index is 405. The summed E-state index contributed by atoms with van der Waals surface area (Å²) in [5, 5.41) is 28.5. The number of nitrogens with zero attached hydrogens (tertiary/aromatic N) is 1. The van der Waals surface area contributed by atoms with Gasteiger partial charge in [0.2, 0.25) is 0 Å². The molecule has 0 fully saturated rings. The van der Waals surface area contributed by atoms with Crippen LogP contribution >= 0.6 is 24.2 Å². The Labute approximate surface area is 105 Å². The number of benzene rings is 1. The van der Waals surface area contributed by atoms with Gasteiger partial charge < -0.3 is 10.2 Å². The van der Waals surface area contributed by atoms with E-state index < -0.39 is 12.2 Å². The van der Waals surface area contributed by atoms with Crippen LogP contribution in [0.15, 0.2) is 18.2 Å². The fourth-order valence-electron chi connectivity index (χ4n) is 1.34. The molecule has 16 heavy (non-hydrogen) atoms. The molecule has 0 aromatic heterocycles. The van der Waals surface area contributed by atoms with Crippen LogP contribution in [0.2, 0.25) is 5.02 Å². The second-order valence-corrected chi connectivity index (χ2v) is 4.23. The van der Waals surface area contributed by atoms with Gasteiger partial charge in [-0.05, 0) is 30.4 Å². The van der Waals surface area contributed by atoms with Crippen molar-refractivity contribution in [3.8, 4) is 6.07 Å². The van der Waals surface area contributed by atoms with Crippen LogP contribution in [0.3, 0.4) is 0 Å². The molecule has 5 heteroatoms. The van der Waals surface area contributed by atoms with Gasteiger partial charge in [-0.3, -0.25) is 0 Å². The summed E-state index contributed by atoms with van der Waals surface area (Å²) in [6.45, 7) is 0. The van der Waals surface area contributed by atoms with Crippen LogP contribution in [-0.2, 0) is 0 Å². The highest BCUT2D eigenvalue weighted by Crippen LogP contribution is 2.27. The molecule has 0 bridgehead atoms. The van der Waals surface area contributed by atoms with Crippen molar-refractivity contribution in [2.24, 2.45) is 0 Å². The SMILES string of the molecule is N#Cc1ccc(Cl)c(C(O)C(O)CCS)c1. The third kappa shape index (κ3) is 3.13. The van der Waals surface area contributed by atoms with Crippen molar-refractivity contribution in [1.82, 2.24) is 0 Å². The molecule has 0 saturated carbocycles. The molecule has 0 saturated heterocycles. The number of hydrogen-bond acceptors (Lipinski definition) is 4. The molecule has 3 nitrogen and oxygen atoms in total. The average Bonchev–Trinajstić information content (AvgIpc) is 2.29. The number of aliphatic hydroxyl groups is 2. The molecule has 0 radical (unpaired) electrons. The molecule has 0 heterocycles. The van der Waals surface area contributed by atoms with Crippen LogP contribution in [0.5, 0.6) is 0 Å². The second kappa shape index (κ2) is 6.12. The highest BCUT2D eigenvalue weighted by atomic mass is 35.5. The Balaban J connectivity index is 2.98. The maximum atomic E-state index is 9.84. The number of hydrogen-bond donors (Lipinski definition) is 3. The quantitative estimate of drug-likeness (QED) is 0.722. The normalized spacial score (nSPS) is 14.2. The van der Waals surface area contributed by atoms with E-state index >= 15 is 0 Å². The fraction of sp³-hybridized carbons (Fsp3) is 0.364. The number of halogens is 1. The van der Waals surface area contributed by atoms with E-state index in [0.29, 0.717) is 28.3 Å². The molecular formula is C11H12ClNO2S. The maximum absolute atomic E-state index is 9.84. The van der Waals surface area contributed by atoms with E-state index in [0.717, 1.165) is 0 Å². The van der Waals surface area contributed by atoms with Crippen molar-refractivity contribution in [1.29, 1.82) is 5.26 Å². The van der Waals surface area contributed by atoms with E-state index in [2.05, 4.69) is 12.6 Å². The van der Waals surface area contributed by atoms with Gasteiger partial charge in [0.05, 0.1) is 17.7 Å². The van der Waals surface area contributed by atoms with E-state index in [1.807, 2.05) is 6.07 Å². The maximum Gasteiger partial charge on any atom is 0.106 e. The van der Waals surface area contributed by atoms with Crippen molar-refractivity contribution in [3.05, 3.63) is 34.3 Å². The summed E-state index contributed by atoms with van der Waals surface area (Å²) < 4.78 is 0. The lowest BCUT2D eigenvalue weighted by Gasteiger charge is -2.18. The highest BCUT2D eigenvalue weighted by Gasteiger charge is 2.20. The molecule has 0 aliphatic carbocycles. The molecular weight excluding hydrogens is 246 g/mol. The largest absolute Gasteiger partial charge is 0.390 e. The highest BCUT2D eigenvalue weighted by molar-refractivity contribution is 7.80. The minimum Gasteiger partial charge on any atom is -0.390 e. The summed E-state index contributed by atoms with van der Waals surface area (Å²) in [6.07, 6.45) is -1.66. The van der Waals surface area contributed by atoms with Gasteiger partial charge in [-0.2, -0.15) is 17.9 Å². The Hall–Kier alpha value is -0.730. The first-order chi connectivity index (χ1) is 7.60. The fourth-order valence-corrected chi connectivity index (χ4v) is 1.83. The van der Waals surface area contributed by atoms with E-state index in [1.165, 1.54) is 12.1 Å². The van der Waals surface area contributed by atoms with Crippen LogP contribution in [0.1, 0.15) is 23.7 Å². The van der Waals surface area contributed by atoms with Crippen LogP contribution in [0, 0.1) is 11.3 Å². The first kappa shape index (κ1) is 13.3. The topological polar surface area (TPSA) is 64.2 Å². The first-order valence-electron chi connectivity index (χ1n) is 4.76. The van der Waals surface area contributed by atoms with Crippen molar-refractivity contribution in [2.45, 2.75) is 18.6 Å². The van der Waals surface area contributed by atoms with Crippen LogP contribution in [0.4, 0.5) is 0 Å². The van der Waals surface area contributed by atoms with Gasteiger partial charge in [-0.25, -0.2) is 0 Å². The number of rotatable bonds is 4. The Morgan fingerprint density at radius 1 is 1.44 bits per heavy atom. The van der Waals surface area contributed by atoms with Crippen molar-refractivity contribution in [3.63, 3.8) is 0 Å². The zero-order chi connectivity index (χ0) is 12.1. The summed E-state index contributed by atoms with van der Waals surface area (Å²) in [7, 11) is 0. The molecule has 0 aliphatic heterocycles. The Kier molecular flexibility index (Phi) is 5.10. The smallest absolute Gasteiger partial charge is 0.106 e. The van der Waals surface area contributed by atoms with Crippen molar-refractivity contribution < 1.29 is 10.2 Å². The van der Waals surface area contributed by atoms with Gasteiger partial charge in [0.1, 0.15) is 6.10 Å². The average molecular weight is 258 g/mol.